The topological polar surface area (TPSA) is 66.8 Å². The number of halogens is 1. The molecule has 1 atom stereocenters. The number of hydrogen-bond acceptors (Lipinski definition) is 4. The Morgan fingerprint density at radius 1 is 1.00 bits per heavy atom. The summed E-state index contributed by atoms with van der Waals surface area (Å²) in [6.07, 6.45) is 0.581. The zero-order chi connectivity index (χ0) is 23.4. The van der Waals surface area contributed by atoms with Gasteiger partial charge in [-0.3, -0.25) is 9.59 Å². The summed E-state index contributed by atoms with van der Waals surface area (Å²) < 4.78 is 5.53. The maximum atomic E-state index is 13.1. The number of likely N-dealkylation sites (tertiary alicyclic amines) is 1. The van der Waals surface area contributed by atoms with Gasteiger partial charge in [0.25, 0.3) is 11.7 Å². The number of hydrogen-bond donors (Lipinski definition) is 1. The Morgan fingerprint density at radius 2 is 1.73 bits per heavy atom. The van der Waals surface area contributed by atoms with Crippen molar-refractivity contribution in [3.05, 3.63) is 106 Å². The highest BCUT2D eigenvalue weighted by Gasteiger charge is 2.45. The molecule has 0 spiro atoms. The van der Waals surface area contributed by atoms with Gasteiger partial charge in [-0.2, -0.15) is 0 Å². The van der Waals surface area contributed by atoms with E-state index in [1.807, 2.05) is 37.3 Å². The third-order valence-corrected chi connectivity index (χ3v) is 5.88. The Morgan fingerprint density at radius 3 is 2.42 bits per heavy atom. The average Bonchev–Trinajstić information content (AvgIpc) is 3.08. The SMILES string of the molecule is CCOc1cccc(C(O)=C2C(=O)C(=O)N(CCc3ccccc3)C2c2ccc(Cl)cc2)c1. The highest BCUT2D eigenvalue weighted by atomic mass is 35.5. The van der Waals surface area contributed by atoms with Crippen molar-refractivity contribution in [2.75, 3.05) is 13.2 Å². The molecule has 0 bridgehead atoms. The number of ether oxygens (including phenoxy) is 1. The number of rotatable bonds is 7. The summed E-state index contributed by atoms with van der Waals surface area (Å²) in [6, 6.07) is 22.9. The molecule has 33 heavy (non-hydrogen) atoms. The standard InChI is InChI=1S/C27H24ClNO4/c1-2-33-22-10-6-9-20(17-22)25(30)23-24(19-11-13-21(28)14-12-19)29(27(32)26(23)31)16-15-18-7-4-3-5-8-18/h3-14,17,24,30H,2,15-16H2,1H3. The van der Waals surface area contributed by atoms with E-state index in [4.69, 9.17) is 16.3 Å². The minimum atomic E-state index is -0.721. The van der Waals surface area contributed by atoms with Gasteiger partial charge in [0.05, 0.1) is 18.2 Å². The first-order valence-electron chi connectivity index (χ1n) is 10.8. The van der Waals surface area contributed by atoms with Gasteiger partial charge < -0.3 is 14.7 Å². The molecule has 3 aromatic carbocycles. The van der Waals surface area contributed by atoms with Crippen LogP contribution >= 0.6 is 11.6 Å². The predicted molar refractivity (Wildman–Crippen MR) is 128 cm³/mol. The Hall–Kier alpha value is -3.57. The van der Waals surface area contributed by atoms with Crippen LogP contribution in [0.1, 0.15) is 29.7 Å². The summed E-state index contributed by atoms with van der Waals surface area (Å²) in [4.78, 5) is 27.7. The predicted octanol–water partition coefficient (Wildman–Crippen LogP) is 5.40. The lowest BCUT2D eigenvalue weighted by Gasteiger charge is -2.25. The second-order valence-corrected chi connectivity index (χ2v) is 8.18. The molecule has 1 unspecified atom stereocenters. The van der Waals surface area contributed by atoms with E-state index in [-0.39, 0.29) is 11.3 Å². The van der Waals surface area contributed by atoms with Crippen molar-refractivity contribution in [3.8, 4) is 5.75 Å². The second kappa shape index (κ2) is 9.92. The van der Waals surface area contributed by atoms with Gasteiger partial charge in [0.2, 0.25) is 0 Å². The fourth-order valence-corrected chi connectivity index (χ4v) is 4.18. The molecule has 6 heteroatoms. The number of carbonyl (C=O) groups excluding carboxylic acids is 2. The summed E-state index contributed by atoms with van der Waals surface area (Å²) >= 11 is 6.07. The van der Waals surface area contributed by atoms with Crippen molar-refractivity contribution >= 4 is 29.1 Å². The van der Waals surface area contributed by atoms with Crippen LogP contribution in [0.3, 0.4) is 0 Å². The van der Waals surface area contributed by atoms with Crippen LogP contribution < -0.4 is 4.74 Å². The minimum Gasteiger partial charge on any atom is -0.507 e. The van der Waals surface area contributed by atoms with E-state index in [0.717, 1.165) is 5.56 Å². The van der Waals surface area contributed by atoms with Crippen LogP contribution in [-0.2, 0) is 16.0 Å². The lowest BCUT2D eigenvalue weighted by Crippen LogP contribution is -2.31. The Bertz CT molecular complexity index is 1190. The lowest BCUT2D eigenvalue weighted by molar-refractivity contribution is -0.139. The van der Waals surface area contributed by atoms with Crippen molar-refractivity contribution in [1.82, 2.24) is 4.90 Å². The number of aliphatic hydroxyl groups is 1. The van der Waals surface area contributed by atoms with Crippen LogP contribution in [0.4, 0.5) is 0 Å². The van der Waals surface area contributed by atoms with Gasteiger partial charge in [-0.25, -0.2) is 0 Å². The van der Waals surface area contributed by atoms with Crippen LogP contribution in [0, 0.1) is 0 Å². The van der Waals surface area contributed by atoms with Gasteiger partial charge in [-0.1, -0.05) is 66.2 Å². The Kier molecular flexibility index (Phi) is 6.80. The minimum absolute atomic E-state index is 0.0593. The number of carbonyl (C=O) groups is 2. The number of Topliss-reactive ketones (excluding diaryl/α,β-unsaturated/α-hetero) is 1. The van der Waals surface area contributed by atoms with E-state index < -0.39 is 17.7 Å². The molecule has 3 aromatic rings. The van der Waals surface area contributed by atoms with E-state index in [0.29, 0.717) is 41.5 Å². The Labute approximate surface area is 197 Å². The fourth-order valence-electron chi connectivity index (χ4n) is 4.05. The summed E-state index contributed by atoms with van der Waals surface area (Å²) in [5.41, 5.74) is 2.23. The van der Waals surface area contributed by atoms with E-state index in [9.17, 15) is 14.7 Å². The Balaban J connectivity index is 1.78. The monoisotopic (exact) mass is 461 g/mol. The summed E-state index contributed by atoms with van der Waals surface area (Å²) in [5.74, 6) is -0.990. The normalized spacial score (nSPS) is 17.4. The average molecular weight is 462 g/mol. The van der Waals surface area contributed by atoms with Crippen LogP contribution in [-0.4, -0.2) is 34.8 Å². The van der Waals surface area contributed by atoms with Gasteiger partial charge in [-0.05, 0) is 48.7 Å². The highest BCUT2D eigenvalue weighted by Crippen LogP contribution is 2.40. The van der Waals surface area contributed by atoms with E-state index >= 15 is 0 Å². The van der Waals surface area contributed by atoms with Crippen LogP contribution in [0.5, 0.6) is 5.75 Å². The second-order valence-electron chi connectivity index (χ2n) is 7.74. The lowest BCUT2D eigenvalue weighted by atomic mass is 9.95. The van der Waals surface area contributed by atoms with Gasteiger partial charge in [0, 0.05) is 17.1 Å². The van der Waals surface area contributed by atoms with Gasteiger partial charge in [-0.15, -0.1) is 0 Å². The molecular weight excluding hydrogens is 438 g/mol. The molecule has 0 saturated carbocycles. The molecule has 5 nitrogen and oxygen atoms in total. The third kappa shape index (κ3) is 4.78. The number of aliphatic hydroxyl groups excluding tert-OH is 1. The molecule has 1 aliphatic heterocycles. The summed E-state index contributed by atoms with van der Waals surface area (Å²) in [5, 5.41) is 11.7. The molecule has 0 radical (unpaired) electrons. The number of benzene rings is 3. The number of nitrogens with zero attached hydrogens (tertiary/aromatic N) is 1. The first-order valence-corrected chi connectivity index (χ1v) is 11.2. The van der Waals surface area contributed by atoms with Crippen LogP contribution in [0.2, 0.25) is 5.02 Å². The molecule has 1 aliphatic rings. The van der Waals surface area contributed by atoms with Crippen molar-refractivity contribution in [1.29, 1.82) is 0 Å². The van der Waals surface area contributed by atoms with Crippen molar-refractivity contribution in [3.63, 3.8) is 0 Å². The van der Waals surface area contributed by atoms with Crippen LogP contribution in [0.15, 0.2) is 84.4 Å². The first-order chi connectivity index (χ1) is 16.0. The maximum Gasteiger partial charge on any atom is 0.295 e. The molecule has 1 fully saturated rings. The van der Waals surface area contributed by atoms with Gasteiger partial charge in [0.1, 0.15) is 11.5 Å². The van der Waals surface area contributed by atoms with Crippen molar-refractivity contribution < 1.29 is 19.4 Å². The quantitative estimate of drug-likeness (QED) is 0.290. The smallest absolute Gasteiger partial charge is 0.295 e. The van der Waals surface area contributed by atoms with Gasteiger partial charge in [0.15, 0.2) is 0 Å². The zero-order valence-electron chi connectivity index (χ0n) is 18.2. The van der Waals surface area contributed by atoms with Crippen molar-refractivity contribution in [2.45, 2.75) is 19.4 Å². The molecule has 4 rings (SSSR count). The molecule has 1 saturated heterocycles. The van der Waals surface area contributed by atoms with E-state index in [1.165, 1.54) is 4.90 Å². The van der Waals surface area contributed by atoms with Gasteiger partial charge >= 0.3 is 0 Å². The molecule has 1 amide bonds. The zero-order valence-corrected chi connectivity index (χ0v) is 19.0. The molecule has 0 aliphatic carbocycles. The highest BCUT2D eigenvalue weighted by molar-refractivity contribution is 6.46. The molecule has 1 heterocycles. The number of ketones is 1. The summed E-state index contributed by atoms with van der Waals surface area (Å²) in [6.45, 7) is 2.67. The fraction of sp³-hybridized carbons (Fsp3) is 0.185. The molecule has 1 N–H and O–H groups in total. The third-order valence-electron chi connectivity index (χ3n) is 5.63. The maximum absolute atomic E-state index is 13.1. The van der Waals surface area contributed by atoms with Crippen molar-refractivity contribution in [2.24, 2.45) is 0 Å². The largest absolute Gasteiger partial charge is 0.507 e. The molecular formula is C27H24ClNO4. The van der Waals surface area contributed by atoms with E-state index in [2.05, 4.69) is 0 Å². The molecule has 0 aromatic heterocycles. The number of amides is 1. The van der Waals surface area contributed by atoms with Crippen LogP contribution in [0.25, 0.3) is 5.76 Å². The molecule has 168 valence electrons. The summed E-state index contributed by atoms with van der Waals surface area (Å²) in [7, 11) is 0. The van der Waals surface area contributed by atoms with E-state index in [1.54, 1.807) is 48.5 Å². The first kappa shape index (κ1) is 22.6.